The van der Waals surface area contributed by atoms with Gasteiger partial charge in [-0.05, 0) is 6.42 Å². The van der Waals surface area contributed by atoms with Crippen LogP contribution in [0.15, 0.2) is 20.0 Å². The van der Waals surface area contributed by atoms with Gasteiger partial charge in [-0.3, -0.25) is 14.6 Å². The highest BCUT2D eigenvalue weighted by Gasteiger charge is 2.45. The quantitative estimate of drug-likeness (QED) is 0.122. The van der Waals surface area contributed by atoms with Crippen molar-refractivity contribution < 1.29 is 29.6 Å². The first-order valence-electron chi connectivity index (χ1n) is 15.6. The highest BCUT2D eigenvalue weighted by atomic mass is 16.5. The molecule has 0 bridgehead atoms. The van der Waals surface area contributed by atoms with E-state index in [9.17, 15) is 24.9 Å². The van der Waals surface area contributed by atoms with Gasteiger partial charge in [0.2, 0.25) is 11.8 Å². The number of carbonyl (C=O) groups excluding carboxylic acids is 2. The Morgan fingerprint density at radius 1 is 0.952 bits per heavy atom. The Labute approximate surface area is 248 Å². The first-order valence-corrected chi connectivity index (χ1v) is 15.6. The Bertz CT molecular complexity index is 970. The van der Waals surface area contributed by atoms with Gasteiger partial charge in [-0.2, -0.15) is 0 Å². The number of carbonyl (C=O) groups is 2. The van der Waals surface area contributed by atoms with E-state index >= 15 is 0 Å². The second-order valence-electron chi connectivity index (χ2n) is 11.2. The van der Waals surface area contributed by atoms with Gasteiger partial charge in [-0.15, -0.1) is 0 Å². The van der Waals surface area contributed by atoms with Gasteiger partial charge in [0, 0.05) is 6.42 Å². The number of ether oxygens (including phenoxy) is 1. The van der Waals surface area contributed by atoms with Crippen molar-refractivity contribution in [3.05, 3.63) is 0 Å². The number of fused-ring (bicyclic) bond motifs is 1. The van der Waals surface area contributed by atoms with Crippen LogP contribution in [0.5, 0.6) is 0 Å². The van der Waals surface area contributed by atoms with Crippen LogP contribution in [-0.2, 0) is 14.3 Å². The summed E-state index contributed by atoms with van der Waals surface area (Å²) >= 11 is 0. The van der Waals surface area contributed by atoms with Crippen LogP contribution in [0.2, 0.25) is 0 Å². The van der Waals surface area contributed by atoms with E-state index in [-0.39, 0.29) is 18.3 Å². The first-order chi connectivity index (χ1) is 20.4. The number of aliphatic hydroxyl groups excluding tert-OH is 3. The molecule has 236 valence electrons. The second kappa shape index (κ2) is 18.7. The molecular weight excluding hydrogens is 542 g/mol. The van der Waals surface area contributed by atoms with Crippen molar-refractivity contribution in [1.82, 2.24) is 16.0 Å². The minimum absolute atomic E-state index is 0.219. The van der Waals surface area contributed by atoms with Crippen molar-refractivity contribution in [2.75, 3.05) is 13.2 Å². The Balaban J connectivity index is 1.29. The summed E-state index contributed by atoms with van der Waals surface area (Å²) in [5.41, 5.74) is 0. The molecule has 6 N–H and O–H groups in total. The minimum Gasteiger partial charge on any atom is -0.394 e. The molecule has 3 rings (SSSR count). The van der Waals surface area contributed by atoms with Crippen LogP contribution in [0, 0.1) is 0 Å². The van der Waals surface area contributed by atoms with Crippen LogP contribution >= 0.6 is 0 Å². The molecule has 1 fully saturated rings. The summed E-state index contributed by atoms with van der Waals surface area (Å²) in [6.07, 6.45) is 13.7. The van der Waals surface area contributed by atoms with Crippen LogP contribution in [0.1, 0.15) is 96.8 Å². The average molecular weight is 592 g/mol. The van der Waals surface area contributed by atoms with Crippen molar-refractivity contribution in [3.8, 4) is 0 Å². The maximum Gasteiger partial charge on any atom is 0.239 e. The monoisotopic (exact) mass is 591 g/mol. The van der Waals surface area contributed by atoms with E-state index in [1.807, 2.05) is 0 Å². The van der Waals surface area contributed by atoms with Crippen LogP contribution in [-0.4, -0.2) is 101 Å². The summed E-state index contributed by atoms with van der Waals surface area (Å²) in [4.78, 5) is 41.3. The SMILES string of the molecule is CCCCCCCCCCCCCCCC(=O)NCC(=O)NC1C(CO)OC(/N=C2\N=CNC3=NC=NC32)C(O)C1O. The van der Waals surface area contributed by atoms with Crippen molar-refractivity contribution in [1.29, 1.82) is 0 Å². The molecule has 0 aromatic carbocycles. The third kappa shape index (κ3) is 10.8. The Kier molecular flexibility index (Phi) is 15.1. The van der Waals surface area contributed by atoms with Gasteiger partial charge in [0.25, 0.3) is 0 Å². The van der Waals surface area contributed by atoms with E-state index < -0.39 is 49.1 Å². The molecule has 0 spiro atoms. The fourth-order valence-electron chi connectivity index (χ4n) is 5.27. The number of rotatable bonds is 19. The molecule has 6 atom stereocenters. The zero-order valence-corrected chi connectivity index (χ0v) is 24.8. The summed E-state index contributed by atoms with van der Waals surface area (Å²) in [5, 5.41) is 39.2. The predicted molar refractivity (Wildman–Crippen MR) is 162 cm³/mol. The summed E-state index contributed by atoms with van der Waals surface area (Å²) < 4.78 is 5.70. The van der Waals surface area contributed by atoms with Crippen LogP contribution < -0.4 is 16.0 Å². The highest BCUT2D eigenvalue weighted by molar-refractivity contribution is 6.21. The van der Waals surface area contributed by atoms with Crippen LogP contribution in [0.25, 0.3) is 0 Å². The zero-order chi connectivity index (χ0) is 30.2. The number of aliphatic hydroxyl groups is 3. The molecule has 0 aromatic heterocycles. The third-order valence-corrected chi connectivity index (χ3v) is 7.77. The molecule has 3 aliphatic rings. The van der Waals surface area contributed by atoms with Crippen LogP contribution in [0.3, 0.4) is 0 Å². The van der Waals surface area contributed by atoms with E-state index in [2.05, 4.69) is 42.8 Å². The lowest BCUT2D eigenvalue weighted by molar-refractivity contribution is -0.190. The number of hydrogen-bond acceptors (Lipinski definition) is 10. The molecule has 0 radical (unpaired) electrons. The smallest absolute Gasteiger partial charge is 0.239 e. The molecular formula is C29H49N7O6. The van der Waals surface area contributed by atoms with E-state index in [1.165, 1.54) is 76.9 Å². The van der Waals surface area contributed by atoms with Gasteiger partial charge in [-0.25, -0.2) is 15.0 Å². The van der Waals surface area contributed by atoms with Gasteiger partial charge in [0.05, 0.1) is 25.5 Å². The lowest BCUT2D eigenvalue weighted by atomic mass is 9.95. The zero-order valence-electron chi connectivity index (χ0n) is 24.8. The molecule has 0 saturated carbocycles. The molecule has 13 heteroatoms. The Hall–Kier alpha value is -2.74. The van der Waals surface area contributed by atoms with E-state index in [0.717, 1.165) is 19.3 Å². The summed E-state index contributed by atoms with van der Waals surface area (Å²) in [5.74, 6) is -0.0401. The van der Waals surface area contributed by atoms with Gasteiger partial charge >= 0.3 is 0 Å². The molecule has 0 aliphatic carbocycles. The van der Waals surface area contributed by atoms with Crippen molar-refractivity contribution >= 4 is 36.2 Å². The topological polar surface area (TPSA) is 190 Å². The molecule has 3 aliphatic heterocycles. The van der Waals surface area contributed by atoms with E-state index in [1.54, 1.807) is 0 Å². The van der Waals surface area contributed by atoms with Crippen molar-refractivity contribution in [2.24, 2.45) is 20.0 Å². The standard InChI is InChI=1S/C29H49N7O6/c1-2-3-4-5-6-7-8-9-10-11-12-13-14-15-21(38)30-16-22(39)35-23-20(17-37)42-29(26(41)25(23)40)36-28-24-27(32-18-31-24)33-19-34-28/h18-20,23-26,29,37,40-41H,2-17H2,1H3,(H,30,38)(H,35,39)(H,31,32,33,34,36). The fourth-order valence-corrected chi connectivity index (χ4v) is 5.27. The van der Waals surface area contributed by atoms with Crippen molar-refractivity contribution in [3.63, 3.8) is 0 Å². The Morgan fingerprint density at radius 3 is 2.24 bits per heavy atom. The number of amides is 2. The molecule has 42 heavy (non-hydrogen) atoms. The van der Waals surface area contributed by atoms with Crippen LogP contribution in [0.4, 0.5) is 0 Å². The highest BCUT2D eigenvalue weighted by Crippen LogP contribution is 2.23. The normalized spacial score (nSPS) is 27.4. The maximum atomic E-state index is 12.5. The van der Waals surface area contributed by atoms with E-state index in [4.69, 9.17) is 4.74 Å². The lowest BCUT2D eigenvalue weighted by Gasteiger charge is -2.41. The van der Waals surface area contributed by atoms with Gasteiger partial charge < -0.3 is 36.0 Å². The molecule has 6 unspecified atom stereocenters. The molecule has 0 aromatic rings. The summed E-state index contributed by atoms with van der Waals surface area (Å²) in [6.45, 7) is 1.41. The first kappa shape index (κ1) is 33.8. The third-order valence-electron chi connectivity index (χ3n) is 7.77. The van der Waals surface area contributed by atoms with Gasteiger partial charge in [0.15, 0.2) is 18.1 Å². The minimum atomic E-state index is -1.51. The predicted octanol–water partition coefficient (Wildman–Crippen LogP) is 1.35. The lowest BCUT2D eigenvalue weighted by Crippen LogP contribution is -2.64. The van der Waals surface area contributed by atoms with Gasteiger partial charge in [0.1, 0.15) is 30.5 Å². The number of hydrogen-bond donors (Lipinski definition) is 6. The number of unbranched alkanes of at least 4 members (excludes halogenated alkanes) is 12. The number of nitrogens with one attached hydrogen (secondary N) is 3. The number of amidine groups is 2. The number of nitrogens with zero attached hydrogens (tertiary/aromatic N) is 4. The number of aliphatic imine (C=N–C) groups is 4. The molecule has 2 amide bonds. The maximum absolute atomic E-state index is 12.5. The largest absolute Gasteiger partial charge is 0.394 e. The Morgan fingerprint density at radius 2 is 1.60 bits per heavy atom. The van der Waals surface area contributed by atoms with Crippen molar-refractivity contribution in [2.45, 2.75) is 133 Å². The second-order valence-corrected chi connectivity index (χ2v) is 11.2. The molecule has 13 nitrogen and oxygen atoms in total. The molecule has 1 saturated heterocycles. The summed E-state index contributed by atoms with van der Waals surface area (Å²) in [7, 11) is 0. The van der Waals surface area contributed by atoms with E-state index in [0.29, 0.717) is 12.3 Å². The average Bonchev–Trinajstić information content (AvgIpc) is 3.48. The molecule has 3 heterocycles. The summed E-state index contributed by atoms with van der Waals surface area (Å²) in [6, 6.07) is -1.68. The van der Waals surface area contributed by atoms with Gasteiger partial charge in [-0.1, -0.05) is 84.0 Å². The fraction of sp³-hybridized carbons (Fsp3) is 0.793.